The third-order valence-electron chi connectivity index (χ3n) is 3.50. The number of H-pyrrole nitrogens is 1. The van der Waals surface area contributed by atoms with E-state index in [1.165, 1.54) is 24.3 Å². The Balaban J connectivity index is 1.67. The summed E-state index contributed by atoms with van der Waals surface area (Å²) < 4.78 is 18.1. The van der Waals surface area contributed by atoms with Crippen molar-refractivity contribution < 1.29 is 13.9 Å². The Kier molecular flexibility index (Phi) is 4.29. The zero-order valence-corrected chi connectivity index (χ0v) is 12.9. The fourth-order valence-corrected chi connectivity index (χ4v) is 2.26. The number of aryl methyl sites for hydroxylation is 1. The number of rotatable bonds is 4. The van der Waals surface area contributed by atoms with Crippen molar-refractivity contribution in [2.24, 2.45) is 0 Å². The second kappa shape index (κ2) is 6.54. The first-order chi connectivity index (χ1) is 11.5. The van der Waals surface area contributed by atoms with E-state index >= 15 is 0 Å². The largest absolute Gasteiger partial charge is 0.484 e. The van der Waals surface area contributed by atoms with Crippen LogP contribution < -0.4 is 15.6 Å². The average Bonchev–Trinajstić information content (AvgIpc) is 2.56. The first-order valence-electron chi connectivity index (χ1n) is 7.33. The summed E-state index contributed by atoms with van der Waals surface area (Å²) in [5.74, 6) is -0.315. The highest BCUT2D eigenvalue weighted by atomic mass is 19.1. The Hall–Kier alpha value is -3.15. The van der Waals surface area contributed by atoms with Crippen molar-refractivity contribution in [3.05, 3.63) is 70.3 Å². The third kappa shape index (κ3) is 3.60. The molecule has 0 saturated heterocycles. The summed E-state index contributed by atoms with van der Waals surface area (Å²) in [6, 6.07) is 12.5. The molecule has 5 nitrogen and oxygen atoms in total. The van der Waals surface area contributed by atoms with Crippen LogP contribution in [-0.2, 0) is 4.79 Å². The minimum Gasteiger partial charge on any atom is -0.484 e. The van der Waals surface area contributed by atoms with Gasteiger partial charge in [0.25, 0.3) is 11.5 Å². The number of benzene rings is 2. The average molecular weight is 326 g/mol. The number of anilines is 1. The summed E-state index contributed by atoms with van der Waals surface area (Å²) in [6.07, 6.45) is 0. The van der Waals surface area contributed by atoms with E-state index in [9.17, 15) is 14.0 Å². The van der Waals surface area contributed by atoms with Crippen LogP contribution >= 0.6 is 0 Å². The Bertz CT molecular complexity index is 949. The standard InChI is InChI=1S/C18H15FN2O3/c1-11-8-12-2-5-14(9-16(12)21-18(11)23)20-17(22)10-24-15-6-3-13(19)4-7-15/h2-9H,10H2,1H3,(H,20,22)(H,21,23). The third-order valence-corrected chi connectivity index (χ3v) is 3.50. The number of aromatic amines is 1. The van der Waals surface area contributed by atoms with Crippen LogP contribution in [0.2, 0.25) is 0 Å². The van der Waals surface area contributed by atoms with Crippen molar-refractivity contribution in [1.82, 2.24) is 4.98 Å². The molecule has 2 N–H and O–H groups in total. The molecule has 0 radical (unpaired) electrons. The van der Waals surface area contributed by atoms with Gasteiger partial charge >= 0.3 is 0 Å². The molecule has 3 rings (SSSR count). The van der Waals surface area contributed by atoms with E-state index in [4.69, 9.17) is 4.74 Å². The van der Waals surface area contributed by atoms with Crippen LogP contribution in [0.25, 0.3) is 10.9 Å². The van der Waals surface area contributed by atoms with Gasteiger partial charge in [-0.05, 0) is 54.8 Å². The fourth-order valence-electron chi connectivity index (χ4n) is 2.26. The molecule has 24 heavy (non-hydrogen) atoms. The van der Waals surface area contributed by atoms with Crippen LogP contribution in [0, 0.1) is 12.7 Å². The van der Waals surface area contributed by atoms with Crippen LogP contribution in [0.15, 0.2) is 53.3 Å². The number of amides is 1. The van der Waals surface area contributed by atoms with Gasteiger partial charge in [0.05, 0.1) is 5.52 Å². The van der Waals surface area contributed by atoms with Crippen molar-refractivity contribution in [2.75, 3.05) is 11.9 Å². The Morgan fingerprint density at radius 2 is 1.92 bits per heavy atom. The zero-order chi connectivity index (χ0) is 17.1. The van der Waals surface area contributed by atoms with E-state index in [-0.39, 0.29) is 23.9 Å². The van der Waals surface area contributed by atoms with Crippen LogP contribution in [0.4, 0.5) is 10.1 Å². The van der Waals surface area contributed by atoms with Crippen LogP contribution in [0.3, 0.4) is 0 Å². The van der Waals surface area contributed by atoms with Gasteiger partial charge in [0.15, 0.2) is 6.61 Å². The predicted octanol–water partition coefficient (Wildman–Crippen LogP) is 2.99. The maximum atomic E-state index is 12.8. The second-order valence-electron chi connectivity index (χ2n) is 5.37. The highest BCUT2D eigenvalue weighted by Crippen LogP contribution is 2.17. The summed E-state index contributed by atoms with van der Waals surface area (Å²) in [4.78, 5) is 26.3. The molecule has 0 fully saturated rings. The SMILES string of the molecule is Cc1cc2ccc(NC(=O)COc3ccc(F)cc3)cc2[nH]c1=O. The topological polar surface area (TPSA) is 71.2 Å². The molecule has 1 heterocycles. The van der Waals surface area contributed by atoms with Gasteiger partial charge in [-0.25, -0.2) is 4.39 Å². The molecule has 0 aliphatic carbocycles. The van der Waals surface area contributed by atoms with Crippen LogP contribution in [-0.4, -0.2) is 17.5 Å². The number of pyridine rings is 1. The van der Waals surface area contributed by atoms with E-state index in [1.54, 1.807) is 25.1 Å². The first-order valence-corrected chi connectivity index (χ1v) is 7.33. The number of halogens is 1. The van der Waals surface area contributed by atoms with E-state index in [0.717, 1.165) is 5.39 Å². The van der Waals surface area contributed by atoms with Gasteiger partial charge in [-0.15, -0.1) is 0 Å². The van der Waals surface area contributed by atoms with Gasteiger partial charge in [-0.3, -0.25) is 9.59 Å². The number of aromatic nitrogens is 1. The van der Waals surface area contributed by atoms with E-state index in [1.807, 2.05) is 6.07 Å². The fraction of sp³-hybridized carbons (Fsp3) is 0.111. The van der Waals surface area contributed by atoms with Crippen molar-refractivity contribution in [3.8, 4) is 5.75 Å². The quantitative estimate of drug-likeness (QED) is 0.774. The van der Waals surface area contributed by atoms with Crippen molar-refractivity contribution in [1.29, 1.82) is 0 Å². The van der Waals surface area contributed by atoms with Crippen molar-refractivity contribution in [2.45, 2.75) is 6.92 Å². The highest BCUT2D eigenvalue weighted by molar-refractivity contribution is 5.94. The molecule has 2 aromatic carbocycles. The lowest BCUT2D eigenvalue weighted by molar-refractivity contribution is -0.118. The maximum absolute atomic E-state index is 12.8. The molecule has 6 heteroatoms. The normalized spacial score (nSPS) is 10.6. The molecule has 0 unspecified atom stereocenters. The molecular formula is C18H15FN2O3. The molecule has 1 aromatic heterocycles. The highest BCUT2D eigenvalue weighted by Gasteiger charge is 2.06. The first kappa shape index (κ1) is 15.7. The lowest BCUT2D eigenvalue weighted by Gasteiger charge is -2.08. The predicted molar refractivity (Wildman–Crippen MR) is 89.8 cm³/mol. The van der Waals surface area contributed by atoms with Crippen LogP contribution in [0.5, 0.6) is 5.75 Å². The Morgan fingerprint density at radius 1 is 1.17 bits per heavy atom. The number of carbonyl (C=O) groups is 1. The minimum atomic E-state index is -0.368. The van der Waals surface area contributed by atoms with Gasteiger partial charge in [0, 0.05) is 11.3 Å². The molecule has 0 saturated carbocycles. The summed E-state index contributed by atoms with van der Waals surface area (Å²) in [6.45, 7) is 1.54. The number of hydrogen-bond donors (Lipinski definition) is 2. The molecule has 0 atom stereocenters. The van der Waals surface area contributed by atoms with E-state index < -0.39 is 0 Å². The summed E-state index contributed by atoms with van der Waals surface area (Å²) in [5.41, 5.74) is 1.66. The second-order valence-corrected chi connectivity index (χ2v) is 5.37. The maximum Gasteiger partial charge on any atom is 0.262 e. The number of carbonyl (C=O) groups excluding carboxylic acids is 1. The molecule has 0 aliphatic heterocycles. The molecule has 0 aliphatic rings. The lowest BCUT2D eigenvalue weighted by atomic mass is 10.1. The van der Waals surface area contributed by atoms with Gasteiger partial charge in [0.1, 0.15) is 11.6 Å². The summed E-state index contributed by atoms with van der Waals surface area (Å²) in [5, 5.41) is 3.57. The number of hydrogen-bond acceptors (Lipinski definition) is 3. The Labute approximate surface area is 137 Å². The molecule has 0 bridgehead atoms. The monoisotopic (exact) mass is 326 g/mol. The van der Waals surface area contributed by atoms with Crippen molar-refractivity contribution >= 4 is 22.5 Å². The number of nitrogens with one attached hydrogen (secondary N) is 2. The number of fused-ring (bicyclic) bond motifs is 1. The molecule has 3 aromatic rings. The molecule has 122 valence electrons. The van der Waals surface area contributed by atoms with Crippen molar-refractivity contribution in [3.63, 3.8) is 0 Å². The van der Waals surface area contributed by atoms with E-state index in [2.05, 4.69) is 10.3 Å². The molecule has 1 amide bonds. The van der Waals surface area contributed by atoms with Gasteiger partial charge in [-0.2, -0.15) is 0 Å². The Morgan fingerprint density at radius 3 is 2.67 bits per heavy atom. The zero-order valence-electron chi connectivity index (χ0n) is 12.9. The van der Waals surface area contributed by atoms with Gasteiger partial charge in [0.2, 0.25) is 0 Å². The smallest absolute Gasteiger partial charge is 0.262 e. The van der Waals surface area contributed by atoms with Crippen LogP contribution in [0.1, 0.15) is 5.56 Å². The summed E-state index contributed by atoms with van der Waals surface area (Å²) in [7, 11) is 0. The summed E-state index contributed by atoms with van der Waals surface area (Å²) >= 11 is 0. The lowest BCUT2D eigenvalue weighted by Crippen LogP contribution is -2.20. The van der Waals surface area contributed by atoms with E-state index in [0.29, 0.717) is 22.5 Å². The van der Waals surface area contributed by atoms with Gasteiger partial charge in [-0.1, -0.05) is 6.07 Å². The number of ether oxygens (including phenoxy) is 1. The minimum absolute atomic E-state index is 0.161. The molecule has 0 spiro atoms. The van der Waals surface area contributed by atoms with Gasteiger partial charge < -0.3 is 15.0 Å². The molecular weight excluding hydrogens is 311 g/mol.